The topological polar surface area (TPSA) is 59.2 Å². The normalized spacial score (nSPS) is 44.5. The number of nitrogens with one attached hydrogen (secondary N) is 1. The van der Waals surface area contributed by atoms with Crippen LogP contribution < -0.4 is 0 Å². The zero-order valence-corrected chi connectivity index (χ0v) is 26.5. The Labute approximate surface area is 246 Å². The van der Waals surface area contributed by atoms with Crippen molar-refractivity contribution in [1.82, 2.24) is 4.98 Å². The Kier molecular flexibility index (Phi) is 5.47. The second-order valence-corrected chi connectivity index (χ2v) is 16.7. The molecule has 1 heterocycles. The van der Waals surface area contributed by atoms with Gasteiger partial charge in [-0.15, -0.1) is 0 Å². The van der Waals surface area contributed by atoms with E-state index >= 15 is 0 Å². The fourth-order valence-corrected chi connectivity index (χ4v) is 11.9. The third kappa shape index (κ3) is 3.23. The average Bonchev–Trinajstić information content (AvgIpc) is 3.29. The second-order valence-electron chi connectivity index (χ2n) is 16.7. The molecular weight excluding hydrogens is 506 g/mol. The van der Waals surface area contributed by atoms with E-state index in [2.05, 4.69) is 83.8 Å². The minimum atomic E-state index is -0.485. The van der Waals surface area contributed by atoms with E-state index in [0.717, 1.165) is 51.4 Å². The van der Waals surface area contributed by atoms with Crippen LogP contribution in [0, 0.1) is 44.8 Å². The maximum absolute atomic E-state index is 14.8. The minimum absolute atomic E-state index is 0.0106. The molecule has 0 spiro atoms. The summed E-state index contributed by atoms with van der Waals surface area (Å²) in [7, 11) is 1.52. The van der Waals surface area contributed by atoms with Crippen LogP contribution in [-0.4, -0.2) is 23.8 Å². The predicted octanol–water partition coefficient (Wildman–Crippen LogP) is 8.34. The number of fused-ring (bicyclic) bond motifs is 10. The highest BCUT2D eigenvalue weighted by atomic mass is 16.5. The monoisotopic (exact) mass is 555 g/mol. The molecule has 41 heavy (non-hydrogen) atoms. The van der Waals surface area contributed by atoms with Crippen LogP contribution in [-0.2, 0) is 26.2 Å². The maximum atomic E-state index is 14.8. The third-order valence-electron chi connectivity index (χ3n) is 14.4. The predicted molar refractivity (Wildman–Crippen MR) is 163 cm³/mol. The van der Waals surface area contributed by atoms with Gasteiger partial charge >= 0.3 is 5.97 Å². The van der Waals surface area contributed by atoms with E-state index in [-0.39, 0.29) is 44.9 Å². The molecule has 0 bridgehead atoms. The third-order valence-corrected chi connectivity index (χ3v) is 14.4. The number of aromatic nitrogens is 1. The standard InChI is InChI=1S/C37H49NO3/c1-32(2)28-13-14-37(7)29(35(28,5)20-23-22-11-9-10-12-26(22)38-30(23)32)27(39)19-24-25-21-34(4,31(40)41-8)16-15-33(25,3)17-18-36(24,37)6/h9-12,19,25,28-29,38H,13-18,20-21H2,1-8H3/t25-,28-,29-,33-,34+,35+,36+,37-/m1/s1. The fourth-order valence-electron chi connectivity index (χ4n) is 11.9. The number of H-pyrrole nitrogens is 1. The van der Waals surface area contributed by atoms with Crippen LogP contribution in [0.25, 0.3) is 10.9 Å². The number of hydrogen-bond acceptors (Lipinski definition) is 3. The molecule has 4 heteroatoms. The number of carbonyl (C=O) groups is 2. The van der Waals surface area contributed by atoms with Crippen molar-refractivity contribution in [2.24, 2.45) is 44.8 Å². The van der Waals surface area contributed by atoms with Crippen molar-refractivity contribution in [3.05, 3.63) is 47.2 Å². The highest BCUT2D eigenvalue weighted by Crippen LogP contribution is 2.75. The number of allylic oxidation sites excluding steroid dienone is 2. The first-order chi connectivity index (χ1) is 19.1. The Morgan fingerprint density at radius 1 is 0.951 bits per heavy atom. The van der Waals surface area contributed by atoms with Gasteiger partial charge in [0.1, 0.15) is 0 Å². The maximum Gasteiger partial charge on any atom is 0.311 e. The van der Waals surface area contributed by atoms with Crippen LogP contribution in [0.3, 0.4) is 0 Å². The number of rotatable bonds is 1. The molecule has 4 nitrogen and oxygen atoms in total. The summed E-state index contributed by atoms with van der Waals surface area (Å²) >= 11 is 0. The number of hydrogen-bond donors (Lipinski definition) is 1. The summed E-state index contributed by atoms with van der Waals surface area (Å²) in [6, 6.07) is 8.73. The summed E-state index contributed by atoms with van der Waals surface area (Å²) in [6.07, 6.45) is 10.3. The summed E-state index contributed by atoms with van der Waals surface area (Å²) in [6.45, 7) is 16.8. The molecule has 8 atom stereocenters. The van der Waals surface area contributed by atoms with Gasteiger partial charge in [0, 0.05) is 27.9 Å². The SMILES string of the molecule is COC(=O)[C@@]1(C)CC[C@]2(C)CC[C@@]3(C)C(=CC(=O)[C@@H]4[C@@]5(C)Cc6c([nH]c7ccccc67)C(C)(C)[C@H]5CC[C@]43C)[C@H]2C1. The van der Waals surface area contributed by atoms with Crippen LogP contribution in [0.15, 0.2) is 35.9 Å². The molecule has 220 valence electrons. The Morgan fingerprint density at radius 2 is 1.66 bits per heavy atom. The Bertz CT molecular complexity index is 1510. The van der Waals surface area contributed by atoms with Gasteiger partial charge in [0.15, 0.2) is 5.78 Å². The van der Waals surface area contributed by atoms with Crippen molar-refractivity contribution in [3.63, 3.8) is 0 Å². The summed E-state index contributed by atoms with van der Waals surface area (Å²) in [5, 5.41) is 1.32. The lowest BCUT2D eigenvalue weighted by molar-refractivity contribution is -0.174. The van der Waals surface area contributed by atoms with Crippen molar-refractivity contribution in [2.75, 3.05) is 7.11 Å². The van der Waals surface area contributed by atoms with E-state index in [0.29, 0.717) is 11.7 Å². The van der Waals surface area contributed by atoms with Crippen LogP contribution in [0.2, 0.25) is 0 Å². The highest BCUT2D eigenvalue weighted by Gasteiger charge is 2.70. The van der Waals surface area contributed by atoms with Gasteiger partial charge in [0.2, 0.25) is 0 Å². The zero-order valence-electron chi connectivity index (χ0n) is 26.5. The Morgan fingerprint density at radius 3 is 2.39 bits per heavy atom. The van der Waals surface area contributed by atoms with Crippen LogP contribution in [0.4, 0.5) is 0 Å². The first-order valence-electron chi connectivity index (χ1n) is 16.1. The van der Waals surface area contributed by atoms with Gasteiger partial charge in [-0.2, -0.15) is 0 Å². The molecule has 3 saturated carbocycles. The lowest BCUT2D eigenvalue weighted by Gasteiger charge is -2.70. The van der Waals surface area contributed by atoms with E-state index in [9.17, 15) is 9.59 Å². The fraction of sp³-hybridized carbons (Fsp3) is 0.676. The largest absolute Gasteiger partial charge is 0.469 e. The number of ketones is 1. The van der Waals surface area contributed by atoms with Crippen LogP contribution >= 0.6 is 0 Å². The first-order valence-corrected chi connectivity index (χ1v) is 16.1. The van der Waals surface area contributed by atoms with Gasteiger partial charge < -0.3 is 9.72 Å². The van der Waals surface area contributed by atoms with Gasteiger partial charge in [-0.25, -0.2) is 0 Å². The first kappa shape index (κ1) is 27.5. The van der Waals surface area contributed by atoms with Crippen molar-refractivity contribution < 1.29 is 14.3 Å². The van der Waals surface area contributed by atoms with E-state index < -0.39 is 5.41 Å². The summed E-state index contributed by atoms with van der Waals surface area (Å²) < 4.78 is 5.31. The van der Waals surface area contributed by atoms with E-state index in [1.807, 2.05) is 0 Å². The molecule has 1 N–H and O–H groups in total. The van der Waals surface area contributed by atoms with Gasteiger partial charge in [0.25, 0.3) is 0 Å². The molecule has 0 amide bonds. The van der Waals surface area contributed by atoms with Crippen molar-refractivity contribution >= 4 is 22.7 Å². The molecule has 2 aromatic rings. The van der Waals surface area contributed by atoms with E-state index in [1.54, 1.807) is 0 Å². The Balaban J connectivity index is 1.37. The Hall–Kier alpha value is -2.36. The number of para-hydroxylation sites is 1. The number of methoxy groups -OCH3 is 1. The minimum Gasteiger partial charge on any atom is -0.469 e. The number of carbonyl (C=O) groups excluding carboxylic acids is 2. The molecule has 0 aliphatic heterocycles. The average molecular weight is 556 g/mol. The molecule has 0 unspecified atom stereocenters. The smallest absolute Gasteiger partial charge is 0.311 e. The van der Waals surface area contributed by atoms with Gasteiger partial charge in [0.05, 0.1) is 12.5 Å². The second kappa shape index (κ2) is 8.17. The van der Waals surface area contributed by atoms with E-state index in [4.69, 9.17) is 4.74 Å². The van der Waals surface area contributed by atoms with Gasteiger partial charge in [-0.05, 0) is 109 Å². The van der Waals surface area contributed by atoms with Crippen LogP contribution in [0.5, 0.6) is 0 Å². The number of esters is 1. The molecule has 0 saturated heterocycles. The van der Waals surface area contributed by atoms with Crippen LogP contribution in [0.1, 0.15) is 105 Å². The molecule has 1 aromatic heterocycles. The highest BCUT2D eigenvalue weighted by molar-refractivity contribution is 5.96. The lowest BCUT2D eigenvalue weighted by Crippen LogP contribution is -2.66. The molecule has 5 aliphatic rings. The molecule has 3 fully saturated rings. The zero-order chi connectivity index (χ0) is 29.4. The van der Waals surface area contributed by atoms with E-state index in [1.165, 1.54) is 34.8 Å². The van der Waals surface area contributed by atoms with Crippen molar-refractivity contribution in [3.8, 4) is 0 Å². The van der Waals surface area contributed by atoms with Gasteiger partial charge in [-0.1, -0.05) is 65.3 Å². The number of aromatic amines is 1. The van der Waals surface area contributed by atoms with Gasteiger partial charge in [-0.3, -0.25) is 9.59 Å². The summed E-state index contributed by atoms with van der Waals surface area (Å²) in [5.74, 6) is 0.923. The lowest BCUT2D eigenvalue weighted by atomic mass is 9.33. The molecule has 0 radical (unpaired) electrons. The number of ether oxygens (including phenoxy) is 1. The summed E-state index contributed by atoms with van der Waals surface area (Å²) in [4.78, 5) is 31.6. The van der Waals surface area contributed by atoms with Crippen molar-refractivity contribution in [2.45, 2.75) is 105 Å². The molecular formula is C37H49NO3. The molecule has 7 rings (SSSR count). The number of benzene rings is 1. The quantitative estimate of drug-likeness (QED) is 0.360. The summed E-state index contributed by atoms with van der Waals surface area (Å²) in [5.41, 5.74) is 4.72. The van der Waals surface area contributed by atoms with Crippen molar-refractivity contribution in [1.29, 1.82) is 0 Å². The molecule has 1 aromatic carbocycles. The molecule has 5 aliphatic carbocycles.